The molecule has 0 saturated carbocycles. The number of carbonyl (C=O) groups is 2. The first-order valence-corrected chi connectivity index (χ1v) is 9.97. The molecule has 0 aliphatic carbocycles. The Bertz CT molecular complexity index is 525. The first kappa shape index (κ1) is 77.2. The minimum Gasteiger partial charge on any atom is -0.550 e. The zero-order valence-corrected chi connectivity index (χ0v) is 22.0. The molecule has 3 N–H and O–H groups in total. The summed E-state index contributed by atoms with van der Waals surface area (Å²) in [6, 6.07) is 0. The van der Waals surface area contributed by atoms with Gasteiger partial charge in [0, 0.05) is 17.3 Å². The Morgan fingerprint density at radius 1 is 0.795 bits per heavy atom. The minimum absolute atomic E-state index is 0. The van der Waals surface area contributed by atoms with Crippen molar-refractivity contribution >= 4 is 11.9 Å². The Labute approximate surface area is 272 Å². The third kappa shape index (κ3) is 35.8. The van der Waals surface area contributed by atoms with Crippen LogP contribution in [-0.4, -0.2) is 98.3 Å². The van der Waals surface area contributed by atoms with Crippen LogP contribution in [0.4, 0.5) is 0 Å². The molecule has 0 spiro atoms. The van der Waals surface area contributed by atoms with Crippen molar-refractivity contribution in [3.05, 3.63) is 0 Å². The van der Waals surface area contributed by atoms with E-state index in [9.17, 15) is 24.9 Å². The molecule has 0 bridgehead atoms. The SMILES string of the molecule is C.C.C.C.C.C.C.C.C.C.CCC(O)CC(CC(C)(C)C(=O)NC[N+](C)(C)CC(O)C[N+](C)(C)C)C(=O)[O-].[Na+]. The van der Waals surface area contributed by atoms with Gasteiger partial charge >= 0.3 is 29.6 Å². The maximum absolute atomic E-state index is 12.7. The van der Waals surface area contributed by atoms with Gasteiger partial charge in [-0.3, -0.25) is 4.79 Å². The summed E-state index contributed by atoms with van der Waals surface area (Å²) in [6.07, 6.45) is -0.597. The van der Waals surface area contributed by atoms with Crippen molar-refractivity contribution in [1.82, 2.24) is 5.32 Å². The minimum atomic E-state index is -1.24. The molecule has 3 atom stereocenters. The molecule has 0 aliphatic heterocycles. The molecule has 3 unspecified atom stereocenters. The number of carboxylic acid groups (broad SMARTS) is 1. The van der Waals surface area contributed by atoms with Crippen molar-refractivity contribution in [1.29, 1.82) is 0 Å². The van der Waals surface area contributed by atoms with Gasteiger partial charge in [-0.2, -0.15) is 0 Å². The van der Waals surface area contributed by atoms with Gasteiger partial charge in [0.25, 0.3) is 0 Å². The number of carboxylic acids is 1. The fraction of sp³-hybridized carbons (Fsp3) is 0.933. The standard InChI is InChI=1S/C20H41N3O5.10CH4.Na/c1-9-16(24)10-15(18(26)27)11-20(2,3)19(28)21-14-23(7,8)13-17(25)12-22(4,5)6;;;;;;;;;;;/h15-17,24-25H,9-14H2,1-8H3;10*1H4;/q;;;;;;;;;;;+1/p+1. The van der Waals surface area contributed by atoms with E-state index in [4.69, 9.17) is 0 Å². The van der Waals surface area contributed by atoms with Crippen LogP contribution in [0.15, 0.2) is 0 Å². The zero-order chi connectivity index (χ0) is 22.3. The molecule has 0 aromatic rings. The fourth-order valence-electron chi connectivity index (χ4n) is 3.32. The van der Waals surface area contributed by atoms with Crippen LogP contribution in [0.5, 0.6) is 0 Å². The van der Waals surface area contributed by atoms with E-state index in [2.05, 4.69) is 5.32 Å². The number of nitrogens with one attached hydrogen (secondary N) is 1. The van der Waals surface area contributed by atoms with Crippen LogP contribution in [-0.2, 0) is 9.59 Å². The maximum atomic E-state index is 12.7. The van der Waals surface area contributed by atoms with Crippen molar-refractivity contribution in [2.24, 2.45) is 11.3 Å². The molecule has 0 heterocycles. The van der Waals surface area contributed by atoms with Gasteiger partial charge in [-0.1, -0.05) is 95.0 Å². The van der Waals surface area contributed by atoms with E-state index in [1.165, 1.54) is 0 Å². The average molecular weight is 588 g/mol. The van der Waals surface area contributed by atoms with Crippen LogP contribution in [0, 0.1) is 11.3 Å². The van der Waals surface area contributed by atoms with Crippen LogP contribution < -0.4 is 40.0 Å². The Kier molecular flexibility index (Phi) is 63.9. The summed E-state index contributed by atoms with van der Waals surface area (Å²) >= 11 is 0. The number of hydrogen-bond donors (Lipinski definition) is 3. The first-order chi connectivity index (χ1) is 12.5. The number of hydrogen-bond acceptors (Lipinski definition) is 5. The van der Waals surface area contributed by atoms with Gasteiger partial charge in [-0.05, 0) is 19.3 Å². The van der Waals surface area contributed by atoms with Crippen LogP contribution >= 0.6 is 0 Å². The van der Waals surface area contributed by atoms with Gasteiger partial charge < -0.3 is 34.4 Å². The molecule has 0 saturated heterocycles. The van der Waals surface area contributed by atoms with Crippen LogP contribution in [0.25, 0.3) is 0 Å². The Morgan fingerprint density at radius 2 is 1.18 bits per heavy atom. The van der Waals surface area contributed by atoms with E-state index in [-0.39, 0.29) is 123 Å². The molecule has 39 heavy (non-hydrogen) atoms. The third-order valence-electron chi connectivity index (χ3n) is 4.86. The molecule has 0 aromatic carbocycles. The van der Waals surface area contributed by atoms with E-state index in [1.54, 1.807) is 20.8 Å². The third-order valence-corrected chi connectivity index (χ3v) is 4.86. The first-order valence-electron chi connectivity index (χ1n) is 9.97. The largest absolute Gasteiger partial charge is 1.00 e. The summed E-state index contributed by atoms with van der Waals surface area (Å²) in [5.41, 5.74) is -0.918. The van der Waals surface area contributed by atoms with Gasteiger partial charge in [-0.15, -0.1) is 0 Å². The number of nitrogens with zero attached hydrogens (tertiary/aromatic N) is 2. The van der Waals surface area contributed by atoms with Gasteiger partial charge in [0.15, 0.2) is 12.8 Å². The van der Waals surface area contributed by atoms with Crippen LogP contribution in [0.1, 0.15) is 114 Å². The van der Waals surface area contributed by atoms with Crippen molar-refractivity contribution in [2.45, 2.75) is 127 Å². The predicted molar refractivity (Wildman–Crippen MR) is 174 cm³/mol. The smallest absolute Gasteiger partial charge is 0.550 e. The number of quaternary nitrogens is 2. The topological polar surface area (TPSA) is 110 Å². The van der Waals surface area contributed by atoms with Gasteiger partial charge in [0.2, 0.25) is 5.91 Å². The van der Waals surface area contributed by atoms with Gasteiger partial charge in [0.05, 0.1) is 41.3 Å². The van der Waals surface area contributed by atoms with Gasteiger partial charge in [-0.25, -0.2) is 0 Å². The second-order valence-corrected chi connectivity index (χ2v) is 10.3. The number of likely N-dealkylation sites (N-methyl/N-ethyl adjacent to an activating group) is 2. The van der Waals surface area contributed by atoms with Crippen molar-refractivity contribution in [2.75, 3.05) is 55.0 Å². The molecule has 0 aromatic heterocycles. The quantitative estimate of drug-likeness (QED) is 0.174. The summed E-state index contributed by atoms with van der Waals surface area (Å²) in [5, 5.41) is 34.4. The molecule has 0 aliphatic rings. The number of amides is 1. The molecule has 0 radical (unpaired) electrons. The van der Waals surface area contributed by atoms with E-state index in [1.807, 2.05) is 35.2 Å². The second kappa shape index (κ2) is 32.3. The number of aliphatic hydroxyl groups is 2. The number of aliphatic carboxylic acids is 1. The zero-order valence-electron chi connectivity index (χ0n) is 20.0. The summed E-state index contributed by atoms with van der Waals surface area (Å²) in [7, 11) is 9.88. The Morgan fingerprint density at radius 3 is 1.49 bits per heavy atom. The molecule has 1 amide bonds. The van der Waals surface area contributed by atoms with E-state index in [0.717, 1.165) is 0 Å². The molecule has 0 rings (SSSR count). The summed E-state index contributed by atoms with van der Waals surface area (Å²) in [5.74, 6) is -2.38. The van der Waals surface area contributed by atoms with E-state index >= 15 is 0 Å². The van der Waals surface area contributed by atoms with Crippen LogP contribution in [0.3, 0.4) is 0 Å². The second-order valence-electron chi connectivity index (χ2n) is 10.3. The number of aliphatic hydroxyl groups excluding tert-OH is 2. The van der Waals surface area contributed by atoms with E-state index < -0.39 is 29.5 Å². The molecule has 8 nitrogen and oxygen atoms in total. The normalized spacial score (nSPS) is 11.7. The van der Waals surface area contributed by atoms with Crippen LogP contribution in [0.2, 0.25) is 0 Å². The average Bonchev–Trinajstić information content (AvgIpc) is 2.48. The summed E-state index contributed by atoms with van der Waals surface area (Å²) in [4.78, 5) is 24.1. The molecular formula is C30H82N3NaO5+2. The van der Waals surface area contributed by atoms with Gasteiger partial charge in [0.1, 0.15) is 13.1 Å². The monoisotopic (exact) mass is 588 g/mol. The van der Waals surface area contributed by atoms with Crippen molar-refractivity contribution in [3.63, 3.8) is 0 Å². The number of carbonyl (C=O) groups excluding carboxylic acids is 2. The fourth-order valence-corrected chi connectivity index (χ4v) is 3.32. The number of rotatable bonds is 13. The molecule has 9 heteroatoms. The molecular weight excluding hydrogens is 505 g/mol. The molecule has 0 fully saturated rings. The maximum Gasteiger partial charge on any atom is 1.00 e. The molecule has 246 valence electrons. The summed E-state index contributed by atoms with van der Waals surface area (Å²) < 4.78 is 1.05. The predicted octanol–water partition coefficient (Wildman–Crippen LogP) is 2.51. The van der Waals surface area contributed by atoms with Crippen molar-refractivity contribution in [3.8, 4) is 0 Å². The van der Waals surface area contributed by atoms with Crippen molar-refractivity contribution < 1.29 is 63.4 Å². The Balaban J connectivity index is -0.0000000663. The summed E-state index contributed by atoms with van der Waals surface area (Å²) in [6.45, 7) is 6.59. The van der Waals surface area contributed by atoms with E-state index in [0.29, 0.717) is 35.1 Å². The Hall–Kier alpha value is -0.220.